The van der Waals surface area contributed by atoms with Gasteiger partial charge in [0, 0.05) is 11.4 Å². The molecule has 0 aliphatic heterocycles. The number of nitrogens with one attached hydrogen (secondary N) is 2. The van der Waals surface area contributed by atoms with E-state index in [0.29, 0.717) is 11.4 Å². The first-order valence-corrected chi connectivity index (χ1v) is 8.77. The van der Waals surface area contributed by atoms with Crippen LogP contribution in [-0.2, 0) is 11.3 Å². The van der Waals surface area contributed by atoms with Gasteiger partial charge in [0.15, 0.2) is 11.5 Å². The van der Waals surface area contributed by atoms with Gasteiger partial charge in [-0.3, -0.25) is 9.59 Å². The molecule has 1 aromatic heterocycles. The summed E-state index contributed by atoms with van der Waals surface area (Å²) in [7, 11) is 0. The first-order valence-electron chi connectivity index (χ1n) is 8.77. The van der Waals surface area contributed by atoms with Gasteiger partial charge in [-0.25, -0.2) is 4.68 Å². The summed E-state index contributed by atoms with van der Waals surface area (Å²) in [5.41, 5.74) is 10.4. The molecule has 2 aromatic carbocycles. The number of benzene rings is 2. The Morgan fingerprint density at radius 3 is 2.50 bits per heavy atom. The molecule has 0 fully saturated rings. The van der Waals surface area contributed by atoms with Gasteiger partial charge in [0.05, 0.1) is 0 Å². The predicted molar refractivity (Wildman–Crippen MR) is 108 cm³/mol. The zero-order valence-electron chi connectivity index (χ0n) is 16.0. The summed E-state index contributed by atoms with van der Waals surface area (Å²) in [6, 6.07) is 13.1. The van der Waals surface area contributed by atoms with Gasteiger partial charge in [-0.1, -0.05) is 35.0 Å². The van der Waals surface area contributed by atoms with Crippen molar-refractivity contribution in [3.63, 3.8) is 0 Å². The minimum Gasteiger partial charge on any atom is -0.382 e. The highest BCUT2D eigenvalue weighted by Gasteiger charge is 2.19. The molecule has 0 unspecified atom stereocenters. The number of carbonyl (C=O) groups excluding carboxylic acids is 2. The van der Waals surface area contributed by atoms with Gasteiger partial charge in [0.1, 0.15) is 6.54 Å². The first kappa shape index (κ1) is 19.1. The summed E-state index contributed by atoms with van der Waals surface area (Å²) >= 11 is 0. The summed E-state index contributed by atoms with van der Waals surface area (Å²) in [4.78, 5) is 24.7. The molecule has 1 heterocycles. The average molecular weight is 378 g/mol. The summed E-state index contributed by atoms with van der Waals surface area (Å²) in [5, 5.41) is 13.2. The molecule has 0 saturated heterocycles. The second-order valence-electron chi connectivity index (χ2n) is 6.67. The molecule has 0 radical (unpaired) electrons. The molecular formula is C20H22N6O2. The van der Waals surface area contributed by atoms with Crippen molar-refractivity contribution >= 4 is 29.0 Å². The molecule has 0 saturated carbocycles. The molecule has 28 heavy (non-hydrogen) atoms. The van der Waals surface area contributed by atoms with Crippen LogP contribution in [0.5, 0.6) is 0 Å². The highest BCUT2D eigenvalue weighted by molar-refractivity contribution is 6.06. The van der Waals surface area contributed by atoms with Crippen molar-refractivity contribution in [2.45, 2.75) is 27.3 Å². The smallest absolute Gasteiger partial charge is 0.280 e. The number of rotatable bonds is 5. The Balaban J connectivity index is 1.69. The van der Waals surface area contributed by atoms with Gasteiger partial charge in [-0.15, -0.1) is 5.10 Å². The molecule has 0 aliphatic rings. The zero-order chi connectivity index (χ0) is 20.3. The van der Waals surface area contributed by atoms with Crippen LogP contribution in [0, 0.1) is 20.8 Å². The minimum absolute atomic E-state index is 0.0247. The number of nitrogen functional groups attached to an aromatic ring is 1. The zero-order valence-corrected chi connectivity index (χ0v) is 16.0. The van der Waals surface area contributed by atoms with E-state index in [1.165, 1.54) is 4.68 Å². The van der Waals surface area contributed by atoms with Crippen molar-refractivity contribution in [3.05, 3.63) is 64.8 Å². The van der Waals surface area contributed by atoms with E-state index in [2.05, 4.69) is 20.9 Å². The molecule has 4 N–H and O–H groups in total. The maximum Gasteiger partial charge on any atom is 0.280 e. The third-order valence-corrected chi connectivity index (χ3v) is 4.21. The Kier molecular flexibility index (Phi) is 5.39. The summed E-state index contributed by atoms with van der Waals surface area (Å²) in [5.74, 6) is -0.764. The van der Waals surface area contributed by atoms with Crippen LogP contribution >= 0.6 is 0 Å². The molecule has 3 aromatic rings. The average Bonchev–Trinajstić information content (AvgIpc) is 2.98. The molecule has 144 valence electrons. The Labute approximate surface area is 162 Å². The predicted octanol–water partition coefficient (Wildman–Crippen LogP) is 2.68. The molecule has 8 heteroatoms. The van der Waals surface area contributed by atoms with Crippen molar-refractivity contribution in [2.75, 3.05) is 16.4 Å². The topological polar surface area (TPSA) is 115 Å². The van der Waals surface area contributed by atoms with Crippen LogP contribution < -0.4 is 16.4 Å². The highest BCUT2D eigenvalue weighted by Crippen LogP contribution is 2.18. The fourth-order valence-corrected chi connectivity index (χ4v) is 2.79. The third kappa shape index (κ3) is 4.35. The van der Waals surface area contributed by atoms with Gasteiger partial charge in [-0.05, 0) is 50.1 Å². The van der Waals surface area contributed by atoms with E-state index in [0.717, 1.165) is 16.7 Å². The Hall–Kier alpha value is -3.68. The Morgan fingerprint density at radius 2 is 1.79 bits per heavy atom. The van der Waals surface area contributed by atoms with Gasteiger partial charge in [0.2, 0.25) is 5.91 Å². The molecule has 0 atom stereocenters. The lowest BCUT2D eigenvalue weighted by Gasteiger charge is -2.09. The van der Waals surface area contributed by atoms with Gasteiger partial charge < -0.3 is 16.4 Å². The van der Waals surface area contributed by atoms with E-state index in [1.807, 2.05) is 57.2 Å². The molecule has 0 bridgehead atoms. The molecule has 0 spiro atoms. The molecular weight excluding hydrogens is 356 g/mol. The highest BCUT2D eigenvalue weighted by atomic mass is 16.2. The van der Waals surface area contributed by atoms with E-state index in [-0.39, 0.29) is 24.0 Å². The van der Waals surface area contributed by atoms with Crippen molar-refractivity contribution in [3.8, 4) is 0 Å². The lowest BCUT2D eigenvalue weighted by atomic mass is 10.1. The fraction of sp³-hybridized carbons (Fsp3) is 0.200. The standard InChI is InChI=1S/C20H22N6O2/c1-12-5-4-6-15(10-12)22-17(27)11-26-19(21)18(24-25-26)20(28)23-16-8-7-13(2)9-14(16)3/h4-10H,11,21H2,1-3H3,(H,22,27)(H,23,28). The summed E-state index contributed by atoms with van der Waals surface area (Å²) in [6.45, 7) is 5.66. The number of hydrogen-bond acceptors (Lipinski definition) is 5. The number of anilines is 3. The van der Waals surface area contributed by atoms with Crippen LogP contribution in [0.4, 0.5) is 17.2 Å². The number of aryl methyl sites for hydroxylation is 3. The second kappa shape index (κ2) is 7.91. The van der Waals surface area contributed by atoms with Crippen LogP contribution in [0.1, 0.15) is 27.2 Å². The normalized spacial score (nSPS) is 10.5. The minimum atomic E-state index is -0.477. The first-order chi connectivity index (χ1) is 13.3. The van der Waals surface area contributed by atoms with Crippen LogP contribution in [0.25, 0.3) is 0 Å². The van der Waals surface area contributed by atoms with Gasteiger partial charge in [-0.2, -0.15) is 0 Å². The van der Waals surface area contributed by atoms with Crippen molar-refractivity contribution in [1.29, 1.82) is 0 Å². The van der Waals surface area contributed by atoms with E-state index in [9.17, 15) is 9.59 Å². The number of aromatic nitrogens is 3. The number of nitrogens with two attached hydrogens (primary N) is 1. The number of amides is 2. The van der Waals surface area contributed by atoms with E-state index >= 15 is 0 Å². The van der Waals surface area contributed by atoms with Gasteiger partial charge >= 0.3 is 0 Å². The number of hydrogen-bond donors (Lipinski definition) is 3. The maximum atomic E-state index is 12.5. The monoisotopic (exact) mass is 378 g/mol. The van der Waals surface area contributed by atoms with Crippen molar-refractivity contribution in [2.24, 2.45) is 0 Å². The fourth-order valence-electron chi connectivity index (χ4n) is 2.79. The Morgan fingerprint density at radius 1 is 1.04 bits per heavy atom. The lowest BCUT2D eigenvalue weighted by Crippen LogP contribution is -2.21. The van der Waals surface area contributed by atoms with E-state index < -0.39 is 5.91 Å². The Bertz CT molecular complexity index is 1040. The second-order valence-corrected chi connectivity index (χ2v) is 6.67. The molecule has 0 aliphatic carbocycles. The molecule has 3 rings (SSSR count). The molecule has 8 nitrogen and oxygen atoms in total. The summed E-state index contributed by atoms with van der Waals surface area (Å²) < 4.78 is 1.20. The number of nitrogens with zero attached hydrogens (tertiary/aromatic N) is 3. The van der Waals surface area contributed by atoms with E-state index in [1.54, 1.807) is 6.07 Å². The van der Waals surface area contributed by atoms with Gasteiger partial charge in [0.25, 0.3) is 5.91 Å². The van der Waals surface area contributed by atoms with E-state index in [4.69, 9.17) is 5.73 Å². The van der Waals surface area contributed by atoms with Crippen LogP contribution in [0.2, 0.25) is 0 Å². The lowest BCUT2D eigenvalue weighted by molar-refractivity contribution is -0.116. The van der Waals surface area contributed by atoms with Crippen LogP contribution in [-0.4, -0.2) is 26.8 Å². The summed E-state index contributed by atoms with van der Waals surface area (Å²) in [6.07, 6.45) is 0. The van der Waals surface area contributed by atoms with Crippen LogP contribution in [0.3, 0.4) is 0 Å². The number of carbonyl (C=O) groups is 2. The maximum absolute atomic E-state index is 12.5. The quantitative estimate of drug-likeness (QED) is 0.631. The van der Waals surface area contributed by atoms with Crippen LogP contribution in [0.15, 0.2) is 42.5 Å². The SMILES string of the molecule is Cc1cccc(NC(=O)Cn2nnc(C(=O)Nc3ccc(C)cc3C)c2N)c1. The molecule has 2 amide bonds. The largest absolute Gasteiger partial charge is 0.382 e. The third-order valence-electron chi connectivity index (χ3n) is 4.21. The van der Waals surface area contributed by atoms with Crippen molar-refractivity contribution in [1.82, 2.24) is 15.0 Å². The van der Waals surface area contributed by atoms with Crippen molar-refractivity contribution < 1.29 is 9.59 Å².